The lowest BCUT2D eigenvalue weighted by molar-refractivity contribution is -0.111. The van der Waals surface area contributed by atoms with Gasteiger partial charge in [-0.15, -0.1) is 0 Å². The highest BCUT2D eigenvalue weighted by Crippen LogP contribution is 2.13. The number of hydrogen-bond donors (Lipinski definition) is 2. The van der Waals surface area contributed by atoms with Crippen LogP contribution in [0.3, 0.4) is 0 Å². The molecule has 0 aliphatic carbocycles. The predicted molar refractivity (Wildman–Crippen MR) is 122 cm³/mol. The monoisotopic (exact) mass is 437 g/mol. The van der Waals surface area contributed by atoms with Crippen molar-refractivity contribution in [1.29, 1.82) is 0 Å². The lowest BCUT2D eigenvalue weighted by Gasteiger charge is -2.03. The Morgan fingerprint density at radius 3 is 2.81 bits per heavy atom. The summed E-state index contributed by atoms with van der Waals surface area (Å²) in [5.41, 5.74) is 2.10. The minimum Gasteiger partial charge on any atom is -0.351 e. The molecule has 0 aliphatic heterocycles. The molecule has 8 heteroatoms. The van der Waals surface area contributed by atoms with Crippen molar-refractivity contribution in [3.63, 3.8) is 0 Å². The van der Waals surface area contributed by atoms with Gasteiger partial charge < -0.3 is 15.2 Å². The van der Waals surface area contributed by atoms with Gasteiger partial charge >= 0.3 is 0 Å². The van der Waals surface area contributed by atoms with Gasteiger partial charge in [-0.05, 0) is 41.8 Å². The largest absolute Gasteiger partial charge is 0.351 e. The van der Waals surface area contributed by atoms with Crippen LogP contribution in [0.1, 0.15) is 41.4 Å². The van der Waals surface area contributed by atoms with E-state index >= 15 is 0 Å². The number of hydrogen-bond acceptors (Lipinski definition) is 4. The summed E-state index contributed by atoms with van der Waals surface area (Å²) < 4.78 is 1.86. The summed E-state index contributed by atoms with van der Waals surface area (Å²) in [5, 5.41) is 6.21. The van der Waals surface area contributed by atoms with Crippen LogP contribution in [0.25, 0.3) is 6.08 Å². The van der Waals surface area contributed by atoms with Gasteiger partial charge in [0.25, 0.3) is 5.91 Å². The van der Waals surface area contributed by atoms with Crippen LogP contribution >= 0.6 is 11.6 Å². The highest BCUT2D eigenvalue weighted by molar-refractivity contribution is 6.30. The summed E-state index contributed by atoms with van der Waals surface area (Å²) in [6.45, 7) is 3.30. The summed E-state index contributed by atoms with van der Waals surface area (Å²) in [5.74, 6) is -0.0571. The number of imidazole rings is 1. The maximum atomic E-state index is 12.2. The van der Waals surface area contributed by atoms with Gasteiger partial charge in [0, 0.05) is 36.6 Å². The normalized spacial score (nSPS) is 10.9. The van der Waals surface area contributed by atoms with Crippen LogP contribution in [0.5, 0.6) is 0 Å². The third-order valence-corrected chi connectivity index (χ3v) is 4.64. The molecular weight excluding hydrogens is 414 g/mol. The molecule has 160 valence electrons. The van der Waals surface area contributed by atoms with E-state index in [1.54, 1.807) is 36.9 Å². The molecule has 3 aromatic rings. The number of nitrogens with zero attached hydrogens (tertiary/aromatic N) is 3. The summed E-state index contributed by atoms with van der Waals surface area (Å²) in [7, 11) is 0. The smallest absolute Gasteiger partial charge is 0.269 e. The highest BCUT2D eigenvalue weighted by Gasteiger charge is 2.06. The molecule has 0 atom stereocenters. The van der Waals surface area contributed by atoms with Crippen molar-refractivity contribution in [2.45, 2.75) is 26.3 Å². The molecular formula is C23H24ClN5O2. The fourth-order valence-electron chi connectivity index (χ4n) is 2.80. The Hall–Kier alpha value is -3.45. The van der Waals surface area contributed by atoms with Crippen LogP contribution in [-0.2, 0) is 11.3 Å². The summed E-state index contributed by atoms with van der Waals surface area (Å²) in [4.78, 5) is 32.5. The number of carbonyl (C=O) groups is 2. The maximum absolute atomic E-state index is 12.2. The average molecular weight is 438 g/mol. The van der Waals surface area contributed by atoms with Gasteiger partial charge in [-0.1, -0.05) is 43.1 Å². The van der Waals surface area contributed by atoms with Crippen LogP contribution in [0.15, 0.2) is 61.2 Å². The van der Waals surface area contributed by atoms with E-state index in [0.717, 1.165) is 18.4 Å². The average Bonchev–Trinajstić information content (AvgIpc) is 3.19. The minimum absolute atomic E-state index is 0.199. The van der Waals surface area contributed by atoms with Crippen molar-refractivity contribution < 1.29 is 9.59 Å². The first kappa shape index (κ1) is 22.2. The van der Waals surface area contributed by atoms with Crippen molar-refractivity contribution in [2.24, 2.45) is 0 Å². The molecule has 31 heavy (non-hydrogen) atoms. The minimum atomic E-state index is -0.311. The van der Waals surface area contributed by atoms with Gasteiger partial charge in [0.2, 0.25) is 5.91 Å². The second-order valence-electron chi connectivity index (χ2n) is 6.97. The number of anilines is 1. The number of nitrogens with one attached hydrogen (secondary N) is 2. The zero-order chi connectivity index (χ0) is 22.1. The zero-order valence-corrected chi connectivity index (χ0v) is 18.0. The Labute approximate surface area is 186 Å². The molecule has 2 N–H and O–H groups in total. The molecule has 0 unspecified atom stereocenters. The van der Waals surface area contributed by atoms with Crippen LogP contribution < -0.4 is 10.6 Å². The molecule has 0 radical (unpaired) electrons. The molecule has 7 nitrogen and oxygen atoms in total. The molecule has 2 aromatic heterocycles. The van der Waals surface area contributed by atoms with Gasteiger partial charge in [0.15, 0.2) is 5.82 Å². The van der Waals surface area contributed by atoms with Gasteiger partial charge in [-0.25, -0.2) is 4.98 Å². The molecule has 0 saturated heterocycles. The van der Waals surface area contributed by atoms with Crippen LogP contribution in [0, 0.1) is 0 Å². The number of carbonyl (C=O) groups excluding carboxylic acids is 2. The summed E-state index contributed by atoms with van der Waals surface area (Å²) >= 11 is 6.01. The van der Waals surface area contributed by atoms with E-state index in [4.69, 9.17) is 11.6 Å². The molecule has 2 heterocycles. The van der Waals surface area contributed by atoms with E-state index in [-0.39, 0.29) is 11.8 Å². The molecule has 0 saturated carbocycles. The molecule has 0 aliphatic rings. The fourth-order valence-corrected chi connectivity index (χ4v) is 3.02. The van der Waals surface area contributed by atoms with Gasteiger partial charge in [-0.2, -0.15) is 0 Å². The first-order chi connectivity index (χ1) is 15.0. The van der Waals surface area contributed by atoms with Crippen molar-refractivity contribution in [3.8, 4) is 0 Å². The van der Waals surface area contributed by atoms with E-state index in [1.165, 1.54) is 6.08 Å². The molecule has 3 rings (SSSR count). The molecule has 0 bridgehead atoms. The second-order valence-corrected chi connectivity index (χ2v) is 7.41. The summed E-state index contributed by atoms with van der Waals surface area (Å²) in [6.07, 6.45) is 9.92. The van der Waals surface area contributed by atoms with Crippen LogP contribution in [0.2, 0.25) is 5.02 Å². The highest BCUT2D eigenvalue weighted by atomic mass is 35.5. The van der Waals surface area contributed by atoms with Crippen molar-refractivity contribution in [2.75, 3.05) is 11.9 Å². The third kappa shape index (κ3) is 7.08. The van der Waals surface area contributed by atoms with E-state index in [1.807, 2.05) is 28.8 Å². The number of amides is 2. The number of rotatable bonds is 9. The zero-order valence-electron chi connectivity index (χ0n) is 17.2. The van der Waals surface area contributed by atoms with Gasteiger partial charge in [-0.3, -0.25) is 14.6 Å². The van der Waals surface area contributed by atoms with Crippen LogP contribution in [0.4, 0.5) is 5.82 Å². The fraction of sp³-hybridized carbons (Fsp3) is 0.217. The Morgan fingerprint density at radius 2 is 2.06 bits per heavy atom. The third-order valence-electron chi connectivity index (χ3n) is 4.40. The van der Waals surface area contributed by atoms with E-state index < -0.39 is 0 Å². The quantitative estimate of drug-likeness (QED) is 0.388. The Bertz CT molecular complexity index is 1060. The van der Waals surface area contributed by atoms with E-state index in [0.29, 0.717) is 35.2 Å². The van der Waals surface area contributed by atoms with Gasteiger partial charge in [0.1, 0.15) is 5.69 Å². The Kier molecular flexibility index (Phi) is 7.95. The first-order valence-corrected chi connectivity index (χ1v) is 10.4. The van der Waals surface area contributed by atoms with Crippen molar-refractivity contribution in [3.05, 3.63) is 83.0 Å². The van der Waals surface area contributed by atoms with E-state index in [9.17, 15) is 9.59 Å². The number of unbranched alkanes of at least 4 members (excludes halogenated alkanes) is 1. The molecule has 1 aromatic carbocycles. The number of benzene rings is 1. The van der Waals surface area contributed by atoms with Crippen LogP contribution in [-0.4, -0.2) is 32.9 Å². The van der Waals surface area contributed by atoms with Crippen molar-refractivity contribution >= 4 is 35.3 Å². The molecule has 0 fully saturated rings. The Morgan fingerprint density at radius 1 is 1.19 bits per heavy atom. The van der Waals surface area contributed by atoms with Gasteiger partial charge in [0.05, 0.1) is 6.33 Å². The standard InChI is InChI=1S/C23H24ClN5O2/c1-2-3-11-25-23(31)20-9-7-17(13-26-20)8-10-22(30)28-21-15-29(16-27-21)14-18-5-4-6-19(24)12-18/h4-10,12-13,15-16H,2-3,11,14H2,1H3,(H,25,31)(H,28,30)/b10-8+. The number of pyridine rings is 1. The topological polar surface area (TPSA) is 88.9 Å². The Balaban J connectivity index is 1.51. The number of halogens is 1. The SMILES string of the molecule is CCCCNC(=O)c1ccc(/C=C/C(=O)Nc2cn(Cc3cccc(Cl)c3)cn2)cn1. The molecule has 0 spiro atoms. The van der Waals surface area contributed by atoms with Crippen molar-refractivity contribution in [1.82, 2.24) is 19.9 Å². The lowest BCUT2D eigenvalue weighted by Crippen LogP contribution is -2.25. The lowest BCUT2D eigenvalue weighted by atomic mass is 10.2. The molecule has 2 amide bonds. The number of aromatic nitrogens is 3. The second kappa shape index (κ2) is 11.1. The first-order valence-electron chi connectivity index (χ1n) is 10.0. The maximum Gasteiger partial charge on any atom is 0.269 e. The van der Waals surface area contributed by atoms with E-state index in [2.05, 4.69) is 27.5 Å². The predicted octanol–water partition coefficient (Wildman–Crippen LogP) is 4.16. The summed E-state index contributed by atoms with van der Waals surface area (Å²) in [6, 6.07) is 10.9.